The van der Waals surface area contributed by atoms with E-state index in [1.807, 2.05) is 6.92 Å². The van der Waals surface area contributed by atoms with Crippen molar-refractivity contribution in [2.45, 2.75) is 20.0 Å². The number of aromatic nitrogens is 1. The van der Waals surface area contributed by atoms with Gasteiger partial charge in [-0.1, -0.05) is 6.92 Å². The number of aryl methyl sites for hydroxylation is 1. The van der Waals surface area contributed by atoms with Crippen LogP contribution in [0.1, 0.15) is 16.8 Å². The number of hydrogen-bond acceptors (Lipinski definition) is 3. The van der Waals surface area contributed by atoms with Crippen molar-refractivity contribution in [3.05, 3.63) is 40.0 Å². The quantitative estimate of drug-likeness (QED) is 0.890. The molecule has 0 bridgehead atoms. The van der Waals surface area contributed by atoms with Crippen molar-refractivity contribution in [2.24, 2.45) is 0 Å². The molecule has 0 unspecified atom stereocenters. The minimum Gasteiger partial charge on any atom is -0.389 e. The molecule has 0 fully saturated rings. The number of hydrogen-bond donors (Lipinski definition) is 1. The maximum absolute atomic E-state index is 12.8. The van der Waals surface area contributed by atoms with E-state index in [2.05, 4.69) is 4.98 Å². The molecule has 2 rings (SSSR count). The van der Waals surface area contributed by atoms with Crippen molar-refractivity contribution in [1.29, 1.82) is 0 Å². The van der Waals surface area contributed by atoms with Crippen LogP contribution in [0.5, 0.6) is 0 Å². The summed E-state index contributed by atoms with van der Waals surface area (Å²) in [6, 6.07) is 6.27. The number of halogens is 1. The van der Waals surface area contributed by atoms with Crippen LogP contribution in [0.2, 0.25) is 0 Å². The van der Waals surface area contributed by atoms with E-state index in [1.165, 1.54) is 23.5 Å². The van der Waals surface area contributed by atoms with Gasteiger partial charge in [0.25, 0.3) is 0 Å². The molecule has 0 atom stereocenters. The summed E-state index contributed by atoms with van der Waals surface area (Å²) < 4.78 is 12.8. The van der Waals surface area contributed by atoms with Crippen LogP contribution in [0.25, 0.3) is 11.3 Å². The van der Waals surface area contributed by atoms with Crippen LogP contribution in [-0.4, -0.2) is 10.1 Å². The predicted octanol–water partition coefficient (Wildman–Crippen LogP) is 3.00. The molecule has 1 aromatic carbocycles. The van der Waals surface area contributed by atoms with Gasteiger partial charge in [0.2, 0.25) is 0 Å². The lowest BCUT2D eigenvalue weighted by Gasteiger charge is -1.99. The minimum absolute atomic E-state index is 0.0428. The fraction of sp³-hybridized carbons (Fsp3) is 0.250. The molecule has 0 saturated carbocycles. The average Bonchev–Trinajstić information content (AvgIpc) is 2.73. The lowest BCUT2D eigenvalue weighted by molar-refractivity contribution is 0.281. The highest BCUT2D eigenvalue weighted by molar-refractivity contribution is 7.12. The monoisotopic (exact) mass is 237 g/mol. The number of aliphatic hydroxyl groups is 1. The van der Waals surface area contributed by atoms with Gasteiger partial charge in [0.1, 0.15) is 10.8 Å². The predicted molar refractivity (Wildman–Crippen MR) is 62.8 cm³/mol. The highest BCUT2D eigenvalue weighted by atomic mass is 32.1. The van der Waals surface area contributed by atoms with Gasteiger partial charge in [-0.25, -0.2) is 9.37 Å². The van der Waals surface area contributed by atoms with Gasteiger partial charge in [-0.2, -0.15) is 0 Å². The van der Waals surface area contributed by atoms with Gasteiger partial charge in [-0.15, -0.1) is 11.3 Å². The molecule has 0 aliphatic heterocycles. The molecule has 84 valence electrons. The molecule has 1 aromatic heterocycles. The van der Waals surface area contributed by atoms with E-state index in [0.717, 1.165) is 22.6 Å². The zero-order chi connectivity index (χ0) is 11.5. The fourth-order valence-corrected chi connectivity index (χ4v) is 2.43. The Kier molecular flexibility index (Phi) is 3.31. The molecule has 0 aliphatic rings. The highest BCUT2D eigenvalue weighted by Gasteiger charge is 2.11. The summed E-state index contributed by atoms with van der Waals surface area (Å²) in [6.45, 7) is 2.00. The Bertz CT molecular complexity index is 478. The average molecular weight is 237 g/mol. The third-order valence-corrected chi connectivity index (χ3v) is 3.50. The van der Waals surface area contributed by atoms with Crippen LogP contribution in [-0.2, 0) is 13.0 Å². The molecular formula is C12H12FNOS. The Balaban J connectivity index is 2.45. The van der Waals surface area contributed by atoms with Crippen LogP contribution in [0.15, 0.2) is 24.3 Å². The Morgan fingerprint density at radius 2 is 2.00 bits per heavy atom. The molecule has 4 heteroatoms. The van der Waals surface area contributed by atoms with E-state index in [0.29, 0.717) is 5.01 Å². The third kappa shape index (κ3) is 2.13. The first-order chi connectivity index (χ1) is 7.74. The van der Waals surface area contributed by atoms with Gasteiger partial charge in [-0.3, -0.25) is 0 Å². The Hall–Kier alpha value is -1.26. The topological polar surface area (TPSA) is 33.1 Å². The number of thiazole rings is 1. The van der Waals surface area contributed by atoms with E-state index in [4.69, 9.17) is 5.11 Å². The first-order valence-corrected chi connectivity index (χ1v) is 5.91. The summed E-state index contributed by atoms with van der Waals surface area (Å²) >= 11 is 1.50. The molecule has 0 radical (unpaired) electrons. The van der Waals surface area contributed by atoms with Gasteiger partial charge in [-0.05, 0) is 30.7 Å². The number of rotatable bonds is 3. The Morgan fingerprint density at radius 1 is 1.31 bits per heavy atom. The maximum Gasteiger partial charge on any atom is 0.123 e. The van der Waals surface area contributed by atoms with E-state index in [-0.39, 0.29) is 12.4 Å². The van der Waals surface area contributed by atoms with Crippen molar-refractivity contribution in [3.63, 3.8) is 0 Å². The SMILES string of the molecule is CCc1sc(CO)nc1-c1ccc(F)cc1. The Morgan fingerprint density at radius 3 is 2.56 bits per heavy atom. The van der Waals surface area contributed by atoms with Crippen LogP contribution in [0.3, 0.4) is 0 Å². The fourth-order valence-electron chi connectivity index (χ4n) is 1.54. The van der Waals surface area contributed by atoms with E-state index in [1.54, 1.807) is 12.1 Å². The summed E-state index contributed by atoms with van der Waals surface area (Å²) in [5, 5.41) is 9.75. The largest absolute Gasteiger partial charge is 0.389 e. The molecule has 2 nitrogen and oxygen atoms in total. The van der Waals surface area contributed by atoms with Gasteiger partial charge < -0.3 is 5.11 Å². The summed E-state index contributed by atoms with van der Waals surface area (Å²) in [6.07, 6.45) is 0.865. The normalized spacial score (nSPS) is 10.7. The number of aliphatic hydroxyl groups excluding tert-OH is 1. The second-order valence-electron chi connectivity index (χ2n) is 3.40. The van der Waals surface area contributed by atoms with Crippen LogP contribution in [0, 0.1) is 5.82 Å². The smallest absolute Gasteiger partial charge is 0.123 e. The summed E-state index contributed by atoms with van der Waals surface area (Å²) in [5.74, 6) is -0.251. The second-order valence-corrected chi connectivity index (χ2v) is 4.57. The molecule has 0 saturated heterocycles. The third-order valence-electron chi connectivity index (χ3n) is 2.32. The van der Waals surface area contributed by atoms with Crippen molar-refractivity contribution < 1.29 is 9.50 Å². The first kappa shape index (κ1) is 11.2. The van der Waals surface area contributed by atoms with Crippen molar-refractivity contribution in [3.8, 4) is 11.3 Å². The van der Waals surface area contributed by atoms with Crippen LogP contribution < -0.4 is 0 Å². The van der Waals surface area contributed by atoms with Crippen LogP contribution in [0.4, 0.5) is 4.39 Å². The first-order valence-electron chi connectivity index (χ1n) is 5.10. The lowest BCUT2D eigenvalue weighted by atomic mass is 10.1. The van der Waals surface area contributed by atoms with Crippen molar-refractivity contribution in [2.75, 3.05) is 0 Å². The molecule has 1 heterocycles. The molecular weight excluding hydrogens is 225 g/mol. The number of benzene rings is 1. The summed E-state index contributed by atoms with van der Waals surface area (Å²) in [4.78, 5) is 5.47. The van der Waals surface area contributed by atoms with Gasteiger partial charge in [0, 0.05) is 10.4 Å². The number of nitrogens with zero attached hydrogens (tertiary/aromatic N) is 1. The van der Waals surface area contributed by atoms with Crippen LogP contribution >= 0.6 is 11.3 Å². The van der Waals surface area contributed by atoms with E-state index < -0.39 is 0 Å². The van der Waals surface area contributed by atoms with Gasteiger partial charge in [0.05, 0.1) is 12.3 Å². The Labute approximate surface area is 97.4 Å². The molecule has 0 amide bonds. The second kappa shape index (κ2) is 4.72. The summed E-state index contributed by atoms with van der Waals surface area (Å²) in [5.41, 5.74) is 1.76. The summed E-state index contributed by atoms with van der Waals surface area (Å²) in [7, 11) is 0. The zero-order valence-electron chi connectivity index (χ0n) is 8.90. The van der Waals surface area contributed by atoms with E-state index >= 15 is 0 Å². The molecule has 16 heavy (non-hydrogen) atoms. The molecule has 2 aromatic rings. The maximum atomic E-state index is 12.8. The minimum atomic E-state index is -0.251. The molecule has 1 N–H and O–H groups in total. The highest BCUT2D eigenvalue weighted by Crippen LogP contribution is 2.28. The zero-order valence-corrected chi connectivity index (χ0v) is 9.72. The van der Waals surface area contributed by atoms with Gasteiger partial charge in [0.15, 0.2) is 0 Å². The van der Waals surface area contributed by atoms with Gasteiger partial charge >= 0.3 is 0 Å². The van der Waals surface area contributed by atoms with Crippen molar-refractivity contribution >= 4 is 11.3 Å². The van der Waals surface area contributed by atoms with E-state index in [9.17, 15) is 4.39 Å². The molecule has 0 spiro atoms. The molecule has 0 aliphatic carbocycles. The standard InChI is InChI=1S/C12H12FNOS/c1-2-10-12(14-11(7-15)16-10)8-3-5-9(13)6-4-8/h3-6,15H,2,7H2,1H3. The lowest BCUT2D eigenvalue weighted by Crippen LogP contribution is -1.85. The van der Waals surface area contributed by atoms with Crippen molar-refractivity contribution in [1.82, 2.24) is 4.98 Å².